The summed E-state index contributed by atoms with van der Waals surface area (Å²) in [5.74, 6) is 1.40. The van der Waals surface area contributed by atoms with E-state index in [1.54, 1.807) is 6.07 Å². The number of aromatic hydroxyl groups is 1. The first-order valence-corrected chi connectivity index (χ1v) is 7.71. The van der Waals surface area contributed by atoms with Crippen LogP contribution in [0.25, 0.3) is 0 Å². The third-order valence-electron chi connectivity index (χ3n) is 2.93. The molecule has 0 radical (unpaired) electrons. The Kier molecular flexibility index (Phi) is 11.9. The number of phenols is 1. The molecule has 1 aromatic rings. The third-order valence-corrected chi connectivity index (χ3v) is 2.93. The van der Waals surface area contributed by atoms with Crippen LogP contribution in [0.2, 0.25) is 0 Å². The second-order valence-corrected chi connectivity index (χ2v) is 5.12. The second-order valence-electron chi connectivity index (χ2n) is 5.12. The van der Waals surface area contributed by atoms with Crippen LogP contribution in [0.15, 0.2) is 36.9 Å². The van der Waals surface area contributed by atoms with Crippen molar-refractivity contribution < 1.29 is 5.11 Å². The minimum Gasteiger partial charge on any atom is -0.508 e. The Labute approximate surface area is 124 Å². The number of benzene rings is 1. The molecule has 2 N–H and O–H groups in total. The maximum Gasteiger partial charge on any atom is 0.115 e. The lowest BCUT2D eigenvalue weighted by molar-refractivity contribution is 0.474. The molecule has 0 aliphatic heterocycles. The van der Waals surface area contributed by atoms with E-state index in [4.69, 9.17) is 5.11 Å². The molecule has 0 spiro atoms. The van der Waals surface area contributed by atoms with Crippen LogP contribution >= 0.6 is 0 Å². The summed E-state index contributed by atoms with van der Waals surface area (Å²) in [6, 6.07) is 7.41. The van der Waals surface area contributed by atoms with E-state index >= 15 is 0 Å². The van der Waals surface area contributed by atoms with Crippen molar-refractivity contribution in [2.45, 2.75) is 46.0 Å². The number of hydrogen-bond donors (Lipinski definition) is 2. The summed E-state index contributed by atoms with van der Waals surface area (Å²) in [6.45, 7) is 8.91. The Morgan fingerprint density at radius 3 is 2.35 bits per heavy atom. The molecular formula is C18H31NO. The highest BCUT2D eigenvalue weighted by atomic mass is 16.3. The first-order chi connectivity index (χ1) is 9.67. The van der Waals surface area contributed by atoms with Gasteiger partial charge in [0.15, 0.2) is 0 Å². The monoisotopic (exact) mass is 277 g/mol. The Hall–Kier alpha value is -1.28. The molecule has 1 saturated carbocycles. The second kappa shape index (κ2) is 12.7. The largest absolute Gasteiger partial charge is 0.508 e. The van der Waals surface area contributed by atoms with Crippen molar-refractivity contribution in [1.29, 1.82) is 0 Å². The van der Waals surface area contributed by atoms with Gasteiger partial charge in [-0.05, 0) is 62.9 Å². The van der Waals surface area contributed by atoms with Gasteiger partial charge in [-0.1, -0.05) is 38.5 Å². The smallest absolute Gasteiger partial charge is 0.115 e. The molecule has 0 aromatic heterocycles. The average Bonchev–Trinajstić information content (AvgIpc) is 3.25. The molecule has 1 fully saturated rings. The van der Waals surface area contributed by atoms with Crippen molar-refractivity contribution in [2.24, 2.45) is 5.92 Å². The Balaban J connectivity index is 0.000000307. The zero-order chi connectivity index (χ0) is 15.2. The van der Waals surface area contributed by atoms with E-state index < -0.39 is 0 Å². The predicted octanol–water partition coefficient (Wildman–Crippen LogP) is 4.54. The molecule has 1 aliphatic carbocycles. The van der Waals surface area contributed by atoms with E-state index in [0.717, 1.165) is 25.2 Å². The van der Waals surface area contributed by atoms with Crippen LogP contribution in [0.5, 0.6) is 5.75 Å². The zero-order valence-electron chi connectivity index (χ0n) is 13.4. The van der Waals surface area contributed by atoms with Gasteiger partial charge in [0.05, 0.1) is 0 Å². The topological polar surface area (TPSA) is 32.3 Å². The quantitative estimate of drug-likeness (QED) is 0.774. The van der Waals surface area contributed by atoms with Gasteiger partial charge in [-0.2, -0.15) is 0 Å². The molecule has 0 atom stereocenters. The Bertz CT molecular complexity index is 345. The molecule has 2 heteroatoms. The third kappa shape index (κ3) is 11.8. The van der Waals surface area contributed by atoms with Crippen LogP contribution in [0, 0.1) is 5.92 Å². The van der Waals surface area contributed by atoms with Gasteiger partial charge in [0.25, 0.3) is 0 Å². The Morgan fingerprint density at radius 1 is 1.35 bits per heavy atom. The van der Waals surface area contributed by atoms with E-state index in [1.807, 2.05) is 31.3 Å². The summed E-state index contributed by atoms with van der Waals surface area (Å²) in [6.07, 6.45) is 8.06. The van der Waals surface area contributed by atoms with Gasteiger partial charge in [0.2, 0.25) is 0 Å². The van der Waals surface area contributed by atoms with Crippen LogP contribution < -0.4 is 5.32 Å². The molecule has 0 bridgehead atoms. The first kappa shape index (κ1) is 18.7. The number of hydrogen-bond acceptors (Lipinski definition) is 2. The average molecular weight is 277 g/mol. The van der Waals surface area contributed by atoms with Gasteiger partial charge >= 0.3 is 0 Å². The molecule has 1 aliphatic rings. The summed E-state index contributed by atoms with van der Waals surface area (Å²) in [4.78, 5) is 0. The zero-order valence-corrected chi connectivity index (χ0v) is 13.4. The van der Waals surface area contributed by atoms with Crippen molar-refractivity contribution in [3.63, 3.8) is 0 Å². The molecule has 1 aromatic carbocycles. The highest BCUT2D eigenvalue weighted by molar-refractivity contribution is 5.26. The summed E-state index contributed by atoms with van der Waals surface area (Å²) < 4.78 is 0. The lowest BCUT2D eigenvalue weighted by Crippen LogP contribution is -2.08. The van der Waals surface area contributed by atoms with Crippen molar-refractivity contribution in [2.75, 3.05) is 13.6 Å². The lowest BCUT2D eigenvalue weighted by atomic mass is 10.1. The fraction of sp³-hybridized carbons (Fsp3) is 0.556. The van der Waals surface area contributed by atoms with Gasteiger partial charge in [-0.3, -0.25) is 0 Å². The molecule has 0 heterocycles. The van der Waals surface area contributed by atoms with E-state index in [9.17, 15) is 0 Å². The standard InChI is InChI=1S/C9H12O.C5H11N.C4H8/c1-2-4-8-5-3-6-9(10)7-8;1-6-4-5-2-3-5;1-3-4-2/h3,5-7,10H,2,4H2,1H3;5-6H,2-4H2,1H3;3H,1,4H2,2H3. The van der Waals surface area contributed by atoms with Gasteiger partial charge in [-0.15, -0.1) is 6.58 Å². The minimum absolute atomic E-state index is 0.367. The normalized spacial score (nSPS) is 12.6. The first-order valence-electron chi connectivity index (χ1n) is 7.71. The van der Waals surface area contributed by atoms with Crippen molar-refractivity contribution in [3.8, 4) is 5.75 Å². The molecule has 0 amide bonds. The fourth-order valence-corrected chi connectivity index (χ4v) is 1.61. The SMILES string of the molecule is C=CCC.CCCc1cccc(O)c1.CNCC1CC1. The van der Waals surface area contributed by atoms with Crippen LogP contribution in [0.1, 0.15) is 45.1 Å². The fourth-order valence-electron chi connectivity index (χ4n) is 1.61. The van der Waals surface area contributed by atoms with Crippen molar-refractivity contribution in [1.82, 2.24) is 5.32 Å². The van der Waals surface area contributed by atoms with Crippen LogP contribution in [-0.4, -0.2) is 18.7 Å². The number of aryl methyl sites for hydroxylation is 1. The van der Waals surface area contributed by atoms with Crippen molar-refractivity contribution >= 4 is 0 Å². The molecule has 2 nitrogen and oxygen atoms in total. The van der Waals surface area contributed by atoms with E-state index in [1.165, 1.54) is 24.9 Å². The Morgan fingerprint density at radius 2 is 2.00 bits per heavy atom. The molecule has 0 saturated heterocycles. The van der Waals surface area contributed by atoms with E-state index in [-0.39, 0.29) is 0 Å². The van der Waals surface area contributed by atoms with Crippen LogP contribution in [0.4, 0.5) is 0 Å². The van der Waals surface area contributed by atoms with Gasteiger partial charge in [-0.25, -0.2) is 0 Å². The van der Waals surface area contributed by atoms with E-state index in [2.05, 4.69) is 25.7 Å². The maximum absolute atomic E-state index is 9.04. The molecule has 20 heavy (non-hydrogen) atoms. The highest BCUT2D eigenvalue weighted by Crippen LogP contribution is 2.27. The summed E-state index contributed by atoms with van der Waals surface area (Å²) >= 11 is 0. The minimum atomic E-state index is 0.367. The summed E-state index contributed by atoms with van der Waals surface area (Å²) in [5, 5.41) is 12.2. The van der Waals surface area contributed by atoms with Crippen LogP contribution in [0.3, 0.4) is 0 Å². The molecule has 114 valence electrons. The van der Waals surface area contributed by atoms with Gasteiger partial charge in [0.1, 0.15) is 5.75 Å². The summed E-state index contributed by atoms with van der Waals surface area (Å²) in [5.41, 5.74) is 1.21. The number of rotatable bonds is 5. The summed E-state index contributed by atoms with van der Waals surface area (Å²) in [7, 11) is 2.01. The van der Waals surface area contributed by atoms with E-state index in [0.29, 0.717) is 5.75 Å². The number of nitrogens with one attached hydrogen (secondary N) is 1. The van der Waals surface area contributed by atoms with Crippen molar-refractivity contribution in [3.05, 3.63) is 42.5 Å². The lowest BCUT2D eigenvalue weighted by Gasteiger charge is -1.97. The number of allylic oxidation sites excluding steroid dienone is 1. The van der Waals surface area contributed by atoms with Crippen LogP contribution in [-0.2, 0) is 6.42 Å². The highest BCUT2D eigenvalue weighted by Gasteiger charge is 2.19. The van der Waals surface area contributed by atoms with Gasteiger partial charge < -0.3 is 10.4 Å². The predicted molar refractivity (Wildman–Crippen MR) is 89.2 cm³/mol. The molecular weight excluding hydrogens is 246 g/mol. The number of phenolic OH excluding ortho intramolecular Hbond substituents is 1. The maximum atomic E-state index is 9.04. The van der Waals surface area contributed by atoms with Gasteiger partial charge in [0, 0.05) is 0 Å². The molecule has 2 rings (SSSR count). The molecule has 0 unspecified atom stereocenters.